The van der Waals surface area contributed by atoms with Crippen molar-refractivity contribution in [3.05, 3.63) is 35.1 Å². The first-order valence-corrected chi connectivity index (χ1v) is 7.08. The fraction of sp³-hybridized carbons (Fsp3) is 0.500. The summed E-state index contributed by atoms with van der Waals surface area (Å²) in [7, 11) is 0. The molecule has 90 valence electrons. The number of hydrogen-bond acceptors (Lipinski definition) is 2. The maximum Gasteiger partial charge on any atom is 0.106 e. The van der Waals surface area contributed by atoms with Crippen LogP contribution in [0.15, 0.2) is 35.1 Å². The van der Waals surface area contributed by atoms with E-state index in [9.17, 15) is 0 Å². The fourth-order valence-electron chi connectivity index (χ4n) is 3.23. The molecule has 1 saturated carbocycles. The summed E-state index contributed by atoms with van der Waals surface area (Å²) in [4.78, 5) is 4.25. The van der Waals surface area contributed by atoms with Crippen molar-refractivity contribution in [3.8, 4) is 0 Å². The molecular formula is C14H17BrN2. The first kappa shape index (κ1) is 11.3. The molecule has 2 aliphatic rings. The van der Waals surface area contributed by atoms with Crippen molar-refractivity contribution >= 4 is 21.6 Å². The molecule has 17 heavy (non-hydrogen) atoms. The molecule has 2 aliphatic carbocycles. The molecule has 4 unspecified atom stereocenters. The van der Waals surface area contributed by atoms with Crippen LogP contribution in [0, 0.1) is 17.8 Å². The molecule has 1 N–H and O–H groups in total. The van der Waals surface area contributed by atoms with Crippen LogP contribution in [0.2, 0.25) is 0 Å². The van der Waals surface area contributed by atoms with Crippen molar-refractivity contribution in [2.75, 3.05) is 5.32 Å². The zero-order chi connectivity index (χ0) is 11.8. The number of nitrogens with zero attached hydrogens (tertiary/aromatic N) is 1. The molecule has 0 saturated heterocycles. The lowest BCUT2D eigenvalue weighted by atomic mass is 9.87. The number of rotatable bonds is 3. The number of aromatic nitrogens is 1. The number of pyridine rings is 1. The van der Waals surface area contributed by atoms with Gasteiger partial charge in [0.1, 0.15) is 4.60 Å². The molecule has 0 radical (unpaired) electrons. The van der Waals surface area contributed by atoms with Crippen LogP contribution >= 0.6 is 15.9 Å². The zero-order valence-corrected chi connectivity index (χ0v) is 11.5. The molecule has 2 bridgehead atoms. The van der Waals surface area contributed by atoms with E-state index < -0.39 is 0 Å². The van der Waals surface area contributed by atoms with Gasteiger partial charge in [-0.2, -0.15) is 0 Å². The van der Waals surface area contributed by atoms with Gasteiger partial charge < -0.3 is 5.32 Å². The van der Waals surface area contributed by atoms with E-state index >= 15 is 0 Å². The molecule has 1 aromatic heterocycles. The monoisotopic (exact) mass is 292 g/mol. The molecule has 2 nitrogen and oxygen atoms in total. The largest absolute Gasteiger partial charge is 0.381 e. The van der Waals surface area contributed by atoms with Gasteiger partial charge in [0.05, 0.1) is 11.9 Å². The van der Waals surface area contributed by atoms with Crippen molar-refractivity contribution in [1.29, 1.82) is 0 Å². The quantitative estimate of drug-likeness (QED) is 0.676. The van der Waals surface area contributed by atoms with Gasteiger partial charge in [0, 0.05) is 6.04 Å². The highest BCUT2D eigenvalue weighted by molar-refractivity contribution is 9.10. The summed E-state index contributed by atoms with van der Waals surface area (Å²) < 4.78 is 0.888. The summed E-state index contributed by atoms with van der Waals surface area (Å²) >= 11 is 3.36. The number of allylic oxidation sites excluding steroid dienone is 2. The molecule has 1 heterocycles. The van der Waals surface area contributed by atoms with Crippen LogP contribution in [0.4, 0.5) is 5.69 Å². The Balaban J connectivity index is 1.65. The smallest absolute Gasteiger partial charge is 0.106 e. The summed E-state index contributed by atoms with van der Waals surface area (Å²) in [6, 6.07) is 4.59. The third kappa shape index (κ3) is 2.25. The maximum absolute atomic E-state index is 4.25. The Kier molecular flexibility index (Phi) is 2.95. The summed E-state index contributed by atoms with van der Waals surface area (Å²) in [5.74, 6) is 2.43. The second kappa shape index (κ2) is 4.45. The fourth-order valence-corrected chi connectivity index (χ4v) is 3.46. The number of hydrogen-bond donors (Lipinski definition) is 1. The van der Waals surface area contributed by atoms with E-state index in [4.69, 9.17) is 0 Å². The Morgan fingerprint density at radius 1 is 1.35 bits per heavy atom. The van der Waals surface area contributed by atoms with E-state index in [0.29, 0.717) is 6.04 Å². The minimum Gasteiger partial charge on any atom is -0.381 e. The van der Waals surface area contributed by atoms with Gasteiger partial charge >= 0.3 is 0 Å². The molecule has 1 aromatic rings. The summed E-state index contributed by atoms with van der Waals surface area (Å²) in [5.41, 5.74) is 1.12. The van der Waals surface area contributed by atoms with E-state index in [1.165, 1.54) is 12.8 Å². The minimum absolute atomic E-state index is 0.526. The van der Waals surface area contributed by atoms with E-state index in [0.717, 1.165) is 28.0 Å². The molecule has 3 rings (SSSR count). The first-order valence-electron chi connectivity index (χ1n) is 6.29. The molecule has 4 atom stereocenters. The zero-order valence-electron chi connectivity index (χ0n) is 9.94. The Labute approximate surface area is 111 Å². The summed E-state index contributed by atoms with van der Waals surface area (Å²) in [6.07, 6.45) is 9.42. The van der Waals surface area contributed by atoms with Gasteiger partial charge in [-0.25, -0.2) is 4.98 Å². The van der Waals surface area contributed by atoms with Crippen LogP contribution in [-0.2, 0) is 0 Å². The van der Waals surface area contributed by atoms with E-state index in [2.05, 4.69) is 51.4 Å². The molecule has 0 aliphatic heterocycles. The Hall–Kier alpha value is -0.830. The van der Waals surface area contributed by atoms with E-state index in [-0.39, 0.29) is 0 Å². The second-order valence-corrected chi connectivity index (χ2v) is 6.06. The lowest BCUT2D eigenvalue weighted by molar-refractivity contribution is 0.400. The molecule has 3 heteroatoms. The molecule has 1 fully saturated rings. The van der Waals surface area contributed by atoms with Gasteiger partial charge in [0.25, 0.3) is 0 Å². The molecule has 0 amide bonds. The predicted octanol–water partition coefficient (Wildman–Crippen LogP) is 3.86. The van der Waals surface area contributed by atoms with Crippen molar-refractivity contribution in [2.45, 2.75) is 25.8 Å². The van der Waals surface area contributed by atoms with Crippen molar-refractivity contribution in [1.82, 2.24) is 4.98 Å². The normalized spacial score (nSPS) is 31.8. The number of nitrogens with one attached hydrogen (secondary N) is 1. The maximum atomic E-state index is 4.25. The second-order valence-electron chi connectivity index (χ2n) is 5.25. The van der Waals surface area contributed by atoms with Crippen molar-refractivity contribution in [2.24, 2.45) is 17.8 Å². The Morgan fingerprint density at radius 3 is 2.82 bits per heavy atom. The topological polar surface area (TPSA) is 24.9 Å². The highest BCUT2D eigenvalue weighted by atomic mass is 79.9. The number of halogens is 1. The van der Waals surface area contributed by atoms with Crippen LogP contribution in [-0.4, -0.2) is 11.0 Å². The number of anilines is 1. The number of fused-ring (bicyclic) bond motifs is 2. The van der Waals surface area contributed by atoms with Crippen LogP contribution in [0.1, 0.15) is 19.8 Å². The molecular weight excluding hydrogens is 276 g/mol. The first-order chi connectivity index (χ1) is 8.22. The lowest BCUT2D eigenvalue weighted by Crippen LogP contribution is -2.28. The van der Waals surface area contributed by atoms with Gasteiger partial charge in [0.2, 0.25) is 0 Å². The average Bonchev–Trinajstić information content (AvgIpc) is 2.94. The van der Waals surface area contributed by atoms with Gasteiger partial charge in [0.15, 0.2) is 0 Å². The SMILES string of the molecule is CC(Nc1ccc(Br)nc1)C1CC2C=CC1C2. The van der Waals surface area contributed by atoms with E-state index in [1.807, 2.05) is 12.3 Å². The van der Waals surface area contributed by atoms with Crippen molar-refractivity contribution < 1.29 is 0 Å². The summed E-state index contributed by atoms with van der Waals surface area (Å²) in [5, 5.41) is 3.58. The van der Waals surface area contributed by atoms with Crippen LogP contribution in [0.3, 0.4) is 0 Å². The minimum atomic E-state index is 0.526. The standard InChI is InChI=1S/C14H17BrN2/c1-9(13-7-10-2-3-11(13)6-10)17-12-4-5-14(15)16-8-12/h2-5,8-11,13,17H,6-7H2,1H3. The van der Waals surface area contributed by atoms with Gasteiger partial charge in [-0.05, 0) is 65.6 Å². The van der Waals surface area contributed by atoms with Crippen LogP contribution in [0.25, 0.3) is 0 Å². The molecule has 0 spiro atoms. The lowest BCUT2D eigenvalue weighted by Gasteiger charge is -2.27. The summed E-state index contributed by atoms with van der Waals surface area (Å²) in [6.45, 7) is 2.29. The van der Waals surface area contributed by atoms with Crippen LogP contribution < -0.4 is 5.32 Å². The van der Waals surface area contributed by atoms with Crippen molar-refractivity contribution in [3.63, 3.8) is 0 Å². The van der Waals surface area contributed by atoms with Gasteiger partial charge in [-0.3, -0.25) is 0 Å². The average molecular weight is 293 g/mol. The van der Waals surface area contributed by atoms with Crippen LogP contribution in [0.5, 0.6) is 0 Å². The van der Waals surface area contributed by atoms with Gasteiger partial charge in [-0.15, -0.1) is 0 Å². The Morgan fingerprint density at radius 2 is 2.24 bits per heavy atom. The Bertz CT molecular complexity index is 426. The highest BCUT2D eigenvalue weighted by Gasteiger charge is 2.38. The van der Waals surface area contributed by atoms with E-state index in [1.54, 1.807) is 0 Å². The third-order valence-electron chi connectivity index (χ3n) is 4.09. The third-order valence-corrected chi connectivity index (χ3v) is 4.56. The van der Waals surface area contributed by atoms with Gasteiger partial charge in [-0.1, -0.05) is 12.2 Å². The predicted molar refractivity (Wildman–Crippen MR) is 73.9 cm³/mol. The highest BCUT2D eigenvalue weighted by Crippen LogP contribution is 2.45. The molecule has 0 aromatic carbocycles.